The fraction of sp³-hybridized carbons (Fsp3) is 0.273. The van der Waals surface area contributed by atoms with E-state index in [1.54, 1.807) is 48.5 Å². The molecule has 0 radical (unpaired) electrons. The van der Waals surface area contributed by atoms with Crippen molar-refractivity contribution in [3.63, 3.8) is 0 Å². The molecule has 8 nitrogen and oxygen atoms in total. The third-order valence-electron chi connectivity index (χ3n) is 4.33. The number of carbonyl (C=O) groups excluding carboxylic acids is 3. The zero-order chi connectivity index (χ0) is 21.5. The van der Waals surface area contributed by atoms with Gasteiger partial charge in [-0.25, -0.2) is 4.79 Å². The van der Waals surface area contributed by atoms with Crippen molar-refractivity contribution < 1.29 is 23.9 Å². The van der Waals surface area contributed by atoms with Crippen LogP contribution in [0.15, 0.2) is 48.5 Å². The highest BCUT2D eigenvalue weighted by Gasteiger charge is 2.25. The van der Waals surface area contributed by atoms with Gasteiger partial charge in [-0.2, -0.15) is 5.26 Å². The van der Waals surface area contributed by atoms with Gasteiger partial charge in [0.05, 0.1) is 22.9 Å². The fourth-order valence-corrected chi connectivity index (χ4v) is 2.58. The van der Waals surface area contributed by atoms with E-state index in [-0.39, 0.29) is 11.9 Å². The predicted molar refractivity (Wildman–Crippen MR) is 108 cm³/mol. The minimum absolute atomic E-state index is 0.194. The Balaban J connectivity index is 1.49. The molecule has 30 heavy (non-hydrogen) atoms. The van der Waals surface area contributed by atoms with Gasteiger partial charge in [0.15, 0.2) is 12.7 Å². The zero-order valence-corrected chi connectivity index (χ0v) is 16.4. The molecule has 1 fully saturated rings. The lowest BCUT2D eigenvalue weighted by molar-refractivity contribution is -0.153. The number of anilines is 1. The standard InChI is InChI=1S/C22H21N3O5/c1-14(30-17-10-6-15(12-23)7-11-17)22(28)29-13-20(26)25-19-5-3-2-4-18(19)21(27)24-16-8-9-16/h2-7,10-11,14,16H,8-9,13H2,1H3,(H,24,27)(H,25,26)/t14-/m0/s1. The van der Waals surface area contributed by atoms with E-state index in [9.17, 15) is 14.4 Å². The van der Waals surface area contributed by atoms with Crippen molar-refractivity contribution in [1.82, 2.24) is 5.32 Å². The van der Waals surface area contributed by atoms with E-state index in [0.29, 0.717) is 22.6 Å². The molecule has 0 unspecified atom stereocenters. The smallest absolute Gasteiger partial charge is 0.347 e. The molecule has 154 valence electrons. The first-order chi connectivity index (χ1) is 14.5. The molecule has 0 spiro atoms. The predicted octanol–water partition coefficient (Wildman–Crippen LogP) is 2.40. The maximum Gasteiger partial charge on any atom is 0.347 e. The Bertz CT molecular complexity index is 977. The van der Waals surface area contributed by atoms with Crippen molar-refractivity contribution in [2.75, 3.05) is 11.9 Å². The Morgan fingerprint density at radius 1 is 1.13 bits per heavy atom. The molecular weight excluding hydrogens is 386 g/mol. The van der Waals surface area contributed by atoms with E-state index < -0.39 is 24.6 Å². The summed E-state index contributed by atoms with van der Waals surface area (Å²) in [4.78, 5) is 36.6. The van der Waals surface area contributed by atoms with Crippen molar-refractivity contribution >= 4 is 23.5 Å². The molecule has 1 aliphatic rings. The summed E-state index contributed by atoms with van der Waals surface area (Å²) in [7, 11) is 0. The number of benzene rings is 2. The number of hydrogen-bond acceptors (Lipinski definition) is 6. The number of para-hydroxylation sites is 1. The molecule has 2 amide bonds. The second kappa shape index (κ2) is 9.56. The van der Waals surface area contributed by atoms with Crippen LogP contribution >= 0.6 is 0 Å². The molecule has 2 N–H and O–H groups in total. The second-order valence-electron chi connectivity index (χ2n) is 6.85. The largest absolute Gasteiger partial charge is 0.479 e. The van der Waals surface area contributed by atoms with Gasteiger partial charge in [-0.1, -0.05) is 12.1 Å². The first kappa shape index (κ1) is 20.9. The Morgan fingerprint density at radius 2 is 1.83 bits per heavy atom. The van der Waals surface area contributed by atoms with Gasteiger partial charge in [0, 0.05) is 6.04 Å². The van der Waals surface area contributed by atoms with Gasteiger partial charge in [-0.05, 0) is 56.2 Å². The number of nitrogens with one attached hydrogen (secondary N) is 2. The van der Waals surface area contributed by atoms with Crippen LogP contribution < -0.4 is 15.4 Å². The highest BCUT2D eigenvalue weighted by Crippen LogP contribution is 2.21. The molecule has 0 aliphatic heterocycles. The number of hydrogen-bond donors (Lipinski definition) is 2. The van der Waals surface area contributed by atoms with Crippen LogP contribution in [0.1, 0.15) is 35.7 Å². The first-order valence-corrected chi connectivity index (χ1v) is 9.49. The van der Waals surface area contributed by atoms with Crippen LogP contribution in [-0.2, 0) is 14.3 Å². The Kier molecular flexibility index (Phi) is 6.65. The van der Waals surface area contributed by atoms with E-state index >= 15 is 0 Å². The third kappa shape index (κ3) is 5.82. The second-order valence-corrected chi connectivity index (χ2v) is 6.85. The molecule has 3 rings (SSSR count). The van der Waals surface area contributed by atoms with Crippen LogP contribution in [-0.4, -0.2) is 36.5 Å². The first-order valence-electron chi connectivity index (χ1n) is 9.49. The van der Waals surface area contributed by atoms with Gasteiger partial charge >= 0.3 is 5.97 Å². The molecule has 0 saturated heterocycles. The highest BCUT2D eigenvalue weighted by molar-refractivity contribution is 6.04. The minimum Gasteiger partial charge on any atom is -0.479 e. The van der Waals surface area contributed by atoms with E-state index in [1.165, 1.54) is 6.92 Å². The van der Waals surface area contributed by atoms with Gasteiger partial charge in [0.1, 0.15) is 5.75 Å². The average Bonchev–Trinajstić information content (AvgIpc) is 3.56. The average molecular weight is 407 g/mol. The van der Waals surface area contributed by atoms with Crippen LogP contribution in [0.3, 0.4) is 0 Å². The number of carbonyl (C=O) groups is 3. The summed E-state index contributed by atoms with van der Waals surface area (Å²) in [6.45, 7) is 0.981. The lowest BCUT2D eigenvalue weighted by Gasteiger charge is -2.14. The van der Waals surface area contributed by atoms with Crippen molar-refractivity contribution in [2.24, 2.45) is 0 Å². The SMILES string of the molecule is C[C@H](Oc1ccc(C#N)cc1)C(=O)OCC(=O)Nc1ccccc1C(=O)NC1CC1. The zero-order valence-electron chi connectivity index (χ0n) is 16.4. The summed E-state index contributed by atoms with van der Waals surface area (Å²) in [6.07, 6.45) is 0.972. The topological polar surface area (TPSA) is 118 Å². The van der Waals surface area contributed by atoms with E-state index in [1.807, 2.05) is 6.07 Å². The van der Waals surface area contributed by atoms with Crippen LogP contribution in [0.25, 0.3) is 0 Å². The summed E-state index contributed by atoms with van der Waals surface area (Å²) in [5, 5.41) is 14.3. The Morgan fingerprint density at radius 3 is 2.50 bits per heavy atom. The number of nitrogens with zero attached hydrogens (tertiary/aromatic N) is 1. The third-order valence-corrected chi connectivity index (χ3v) is 4.33. The molecule has 1 saturated carbocycles. The molecule has 2 aromatic carbocycles. The van der Waals surface area contributed by atoms with Gasteiger partial charge < -0.3 is 20.1 Å². The van der Waals surface area contributed by atoms with Crippen molar-refractivity contribution in [3.05, 3.63) is 59.7 Å². The number of ether oxygens (including phenoxy) is 2. The summed E-state index contributed by atoms with van der Waals surface area (Å²) in [6, 6.07) is 15.1. The van der Waals surface area contributed by atoms with Crippen LogP contribution in [0, 0.1) is 11.3 Å². The minimum atomic E-state index is -0.942. The lowest BCUT2D eigenvalue weighted by atomic mass is 10.1. The lowest BCUT2D eigenvalue weighted by Crippen LogP contribution is -2.30. The maximum absolute atomic E-state index is 12.3. The van der Waals surface area contributed by atoms with Crippen molar-refractivity contribution in [1.29, 1.82) is 5.26 Å². The number of esters is 1. The number of rotatable bonds is 8. The van der Waals surface area contributed by atoms with Gasteiger partial charge in [0.2, 0.25) is 0 Å². The molecule has 1 aliphatic carbocycles. The van der Waals surface area contributed by atoms with Crippen molar-refractivity contribution in [2.45, 2.75) is 31.9 Å². The van der Waals surface area contributed by atoms with E-state index in [0.717, 1.165) is 12.8 Å². The number of amides is 2. The Labute approximate surface area is 173 Å². The molecule has 2 aromatic rings. The van der Waals surface area contributed by atoms with Gasteiger partial charge in [-0.3, -0.25) is 9.59 Å². The van der Waals surface area contributed by atoms with Crippen LogP contribution in [0.4, 0.5) is 5.69 Å². The summed E-state index contributed by atoms with van der Waals surface area (Å²) in [5.41, 5.74) is 1.17. The molecular formula is C22H21N3O5. The van der Waals surface area contributed by atoms with Crippen LogP contribution in [0.5, 0.6) is 5.75 Å². The monoisotopic (exact) mass is 407 g/mol. The number of nitriles is 1. The van der Waals surface area contributed by atoms with Gasteiger partial charge in [-0.15, -0.1) is 0 Å². The van der Waals surface area contributed by atoms with Gasteiger partial charge in [0.25, 0.3) is 11.8 Å². The Hall–Kier alpha value is -3.86. The molecule has 0 aromatic heterocycles. The summed E-state index contributed by atoms with van der Waals surface area (Å²) < 4.78 is 10.5. The highest BCUT2D eigenvalue weighted by atomic mass is 16.6. The van der Waals surface area contributed by atoms with E-state index in [2.05, 4.69) is 10.6 Å². The maximum atomic E-state index is 12.3. The van der Waals surface area contributed by atoms with E-state index in [4.69, 9.17) is 14.7 Å². The molecule has 1 atom stereocenters. The molecule has 8 heteroatoms. The van der Waals surface area contributed by atoms with Crippen molar-refractivity contribution in [3.8, 4) is 11.8 Å². The normalized spacial score (nSPS) is 13.5. The fourth-order valence-electron chi connectivity index (χ4n) is 2.58. The molecule has 0 heterocycles. The molecule has 0 bridgehead atoms. The quantitative estimate of drug-likeness (QED) is 0.649. The van der Waals surface area contributed by atoms with Crippen LogP contribution in [0.2, 0.25) is 0 Å². The summed E-state index contributed by atoms with van der Waals surface area (Å²) in [5.74, 6) is -1.14. The summed E-state index contributed by atoms with van der Waals surface area (Å²) >= 11 is 0.